The van der Waals surface area contributed by atoms with Gasteiger partial charge in [0.15, 0.2) is 5.79 Å². The van der Waals surface area contributed by atoms with Crippen LogP contribution in [-0.4, -0.2) is 30.2 Å². The Labute approximate surface area is 80.0 Å². The van der Waals surface area contributed by atoms with E-state index in [-0.39, 0.29) is 11.9 Å². The molecule has 3 heteroatoms. The molecule has 1 N–H and O–H groups in total. The van der Waals surface area contributed by atoms with Crippen LogP contribution in [0.4, 0.5) is 0 Å². The molecule has 3 nitrogen and oxygen atoms in total. The summed E-state index contributed by atoms with van der Waals surface area (Å²) < 4.78 is 11.1. The van der Waals surface area contributed by atoms with E-state index in [0.29, 0.717) is 13.2 Å². The van der Waals surface area contributed by atoms with Crippen LogP contribution >= 0.6 is 0 Å². The predicted molar refractivity (Wildman–Crippen MR) is 50.5 cm³/mol. The first-order valence-corrected chi connectivity index (χ1v) is 5.07. The minimum absolute atomic E-state index is 0.258. The van der Waals surface area contributed by atoms with Crippen molar-refractivity contribution in [2.75, 3.05) is 13.2 Å². The van der Waals surface area contributed by atoms with Crippen LogP contribution in [0.1, 0.15) is 39.5 Å². The SMILES string of the molecule is CC1(C)OCC(CCCCCO)O1. The van der Waals surface area contributed by atoms with Gasteiger partial charge in [-0.05, 0) is 26.7 Å². The first-order valence-electron chi connectivity index (χ1n) is 5.07. The second kappa shape index (κ2) is 4.94. The molecule has 0 radical (unpaired) electrons. The average Bonchev–Trinajstić information content (AvgIpc) is 2.40. The van der Waals surface area contributed by atoms with Crippen molar-refractivity contribution in [3.05, 3.63) is 0 Å². The lowest BCUT2D eigenvalue weighted by Crippen LogP contribution is -2.21. The highest BCUT2D eigenvalue weighted by atomic mass is 16.7. The Balaban J connectivity index is 2.04. The monoisotopic (exact) mass is 188 g/mol. The quantitative estimate of drug-likeness (QED) is 0.667. The fourth-order valence-corrected chi connectivity index (χ4v) is 1.57. The second-order valence-corrected chi connectivity index (χ2v) is 4.02. The summed E-state index contributed by atoms with van der Waals surface area (Å²) in [6, 6.07) is 0. The van der Waals surface area contributed by atoms with Gasteiger partial charge in [0.25, 0.3) is 0 Å². The van der Waals surface area contributed by atoms with Crippen molar-refractivity contribution in [2.24, 2.45) is 0 Å². The molecule has 1 aliphatic rings. The van der Waals surface area contributed by atoms with Crippen LogP contribution in [0.3, 0.4) is 0 Å². The summed E-state index contributed by atoms with van der Waals surface area (Å²) in [5, 5.41) is 8.59. The first kappa shape index (κ1) is 11.0. The van der Waals surface area contributed by atoms with Crippen LogP contribution in [0.5, 0.6) is 0 Å². The third-order valence-corrected chi connectivity index (χ3v) is 2.25. The molecule has 0 aromatic rings. The molecule has 0 bridgehead atoms. The van der Waals surface area contributed by atoms with E-state index in [4.69, 9.17) is 14.6 Å². The van der Waals surface area contributed by atoms with Crippen molar-refractivity contribution in [3.63, 3.8) is 0 Å². The highest BCUT2D eigenvalue weighted by Gasteiger charge is 2.31. The smallest absolute Gasteiger partial charge is 0.163 e. The van der Waals surface area contributed by atoms with Gasteiger partial charge in [0.2, 0.25) is 0 Å². The van der Waals surface area contributed by atoms with Gasteiger partial charge >= 0.3 is 0 Å². The summed E-state index contributed by atoms with van der Waals surface area (Å²) >= 11 is 0. The zero-order chi connectivity index (χ0) is 9.73. The minimum atomic E-state index is -0.387. The fraction of sp³-hybridized carbons (Fsp3) is 1.00. The van der Waals surface area contributed by atoms with Gasteiger partial charge in [0, 0.05) is 6.61 Å². The molecule has 1 heterocycles. The zero-order valence-electron chi connectivity index (χ0n) is 8.58. The molecule has 1 aliphatic heterocycles. The molecule has 0 saturated carbocycles. The number of aliphatic hydroxyl groups is 1. The van der Waals surface area contributed by atoms with Gasteiger partial charge in [-0.25, -0.2) is 0 Å². The van der Waals surface area contributed by atoms with Crippen molar-refractivity contribution >= 4 is 0 Å². The number of aliphatic hydroxyl groups excluding tert-OH is 1. The Hall–Kier alpha value is -0.120. The van der Waals surface area contributed by atoms with E-state index >= 15 is 0 Å². The van der Waals surface area contributed by atoms with E-state index in [9.17, 15) is 0 Å². The van der Waals surface area contributed by atoms with Gasteiger partial charge in [-0.1, -0.05) is 12.8 Å². The normalized spacial score (nSPS) is 26.5. The number of unbranched alkanes of at least 4 members (excludes halogenated alkanes) is 2. The largest absolute Gasteiger partial charge is 0.396 e. The highest BCUT2D eigenvalue weighted by molar-refractivity contribution is 4.70. The van der Waals surface area contributed by atoms with Crippen LogP contribution in [0.2, 0.25) is 0 Å². The Kier molecular flexibility index (Phi) is 4.16. The highest BCUT2D eigenvalue weighted by Crippen LogP contribution is 2.25. The van der Waals surface area contributed by atoms with Crippen LogP contribution in [0, 0.1) is 0 Å². The van der Waals surface area contributed by atoms with E-state index in [1.807, 2.05) is 13.8 Å². The summed E-state index contributed by atoms with van der Waals surface area (Å²) in [5.74, 6) is -0.387. The van der Waals surface area contributed by atoms with Crippen molar-refractivity contribution in [1.29, 1.82) is 0 Å². The van der Waals surface area contributed by atoms with E-state index in [2.05, 4.69) is 0 Å². The molecule has 0 amide bonds. The molecule has 0 aromatic carbocycles. The lowest BCUT2D eigenvalue weighted by molar-refractivity contribution is -0.139. The summed E-state index contributed by atoms with van der Waals surface area (Å²) in [5.41, 5.74) is 0. The molecule has 1 rings (SSSR count). The zero-order valence-corrected chi connectivity index (χ0v) is 8.58. The Morgan fingerprint density at radius 2 is 2.08 bits per heavy atom. The third kappa shape index (κ3) is 4.07. The standard InChI is InChI=1S/C10H20O3/c1-10(2)12-8-9(13-10)6-4-3-5-7-11/h9,11H,3-8H2,1-2H3. The molecule has 1 unspecified atom stereocenters. The van der Waals surface area contributed by atoms with Gasteiger partial charge in [-0.15, -0.1) is 0 Å². The van der Waals surface area contributed by atoms with Crippen molar-refractivity contribution in [1.82, 2.24) is 0 Å². The summed E-state index contributed by atoms with van der Waals surface area (Å²) in [6.45, 7) is 4.90. The molecule has 13 heavy (non-hydrogen) atoms. The van der Waals surface area contributed by atoms with Crippen LogP contribution < -0.4 is 0 Å². The van der Waals surface area contributed by atoms with Gasteiger partial charge in [-0.2, -0.15) is 0 Å². The molecule has 78 valence electrons. The number of hydrogen-bond donors (Lipinski definition) is 1. The van der Waals surface area contributed by atoms with Crippen molar-refractivity contribution < 1.29 is 14.6 Å². The molecule has 1 fully saturated rings. The number of rotatable bonds is 5. The lowest BCUT2D eigenvalue weighted by Gasteiger charge is -2.16. The maximum Gasteiger partial charge on any atom is 0.163 e. The van der Waals surface area contributed by atoms with Gasteiger partial charge in [0.1, 0.15) is 0 Å². The van der Waals surface area contributed by atoms with E-state index in [1.54, 1.807) is 0 Å². The van der Waals surface area contributed by atoms with Crippen molar-refractivity contribution in [2.45, 2.75) is 51.4 Å². The Morgan fingerprint density at radius 1 is 1.31 bits per heavy atom. The summed E-state index contributed by atoms with van der Waals surface area (Å²) in [4.78, 5) is 0. The second-order valence-electron chi connectivity index (χ2n) is 4.02. The minimum Gasteiger partial charge on any atom is -0.396 e. The molecule has 0 spiro atoms. The fourth-order valence-electron chi connectivity index (χ4n) is 1.57. The molecule has 1 atom stereocenters. The van der Waals surface area contributed by atoms with Crippen LogP contribution in [0.15, 0.2) is 0 Å². The molecular formula is C10H20O3. The van der Waals surface area contributed by atoms with Gasteiger partial charge in [0.05, 0.1) is 12.7 Å². The van der Waals surface area contributed by atoms with E-state index in [1.165, 1.54) is 0 Å². The van der Waals surface area contributed by atoms with Gasteiger partial charge in [-0.3, -0.25) is 0 Å². The van der Waals surface area contributed by atoms with E-state index < -0.39 is 0 Å². The van der Waals surface area contributed by atoms with Crippen molar-refractivity contribution in [3.8, 4) is 0 Å². The lowest BCUT2D eigenvalue weighted by atomic mass is 10.1. The topological polar surface area (TPSA) is 38.7 Å². The van der Waals surface area contributed by atoms with Crippen LogP contribution in [0.25, 0.3) is 0 Å². The van der Waals surface area contributed by atoms with Crippen LogP contribution in [-0.2, 0) is 9.47 Å². The Morgan fingerprint density at radius 3 is 2.62 bits per heavy atom. The number of hydrogen-bond acceptors (Lipinski definition) is 3. The Bertz CT molecular complexity index is 145. The molecule has 0 aromatic heterocycles. The average molecular weight is 188 g/mol. The molecule has 1 saturated heterocycles. The maximum absolute atomic E-state index is 8.59. The maximum atomic E-state index is 8.59. The molecule has 0 aliphatic carbocycles. The third-order valence-electron chi connectivity index (χ3n) is 2.25. The number of ether oxygens (including phenoxy) is 2. The predicted octanol–water partition coefficient (Wildman–Crippen LogP) is 1.69. The summed E-state index contributed by atoms with van der Waals surface area (Å²) in [7, 11) is 0. The van der Waals surface area contributed by atoms with Gasteiger partial charge < -0.3 is 14.6 Å². The summed E-state index contributed by atoms with van der Waals surface area (Å²) in [6.07, 6.45) is 4.40. The first-order chi connectivity index (χ1) is 6.14. The molecular weight excluding hydrogens is 168 g/mol. The van der Waals surface area contributed by atoms with E-state index in [0.717, 1.165) is 25.7 Å².